The number of ether oxygens (including phenoxy) is 1. The zero-order chi connectivity index (χ0) is 14.0. The van der Waals surface area contributed by atoms with Gasteiger partial charge < -0.3 is 20.3 Å². The van der Waals surface area contributed by atoms with E-state index >= 15 is 0 Å². The van der Waals surface area contributed by atoms with Gasteiger partial charge >= 0.3 is 6.03 Å². The molecule has 20 heavy (non-hydrogen) atoms. The first-order valence-electron chi connectivity index (χ1n) is 7.12. The number of hydrogen-bond acceptors (Lipinski definition) is 3. The van der Waals surface area contributed by atoms with Gasteiger partial charge in [-0.2, -0.15) is 0 Å². The molecule has 2 fully saturated rings. The van der Waals surface area contributed by atoms with Crippen LogP contribution in [0, 0.1) is 5.41 Å². The van der Waals surface area contributed by atoms with E-state index in [4.69, 9.17) is 4.74 Å². The van der Waals surface area contributed by atoms with Crippen molar-refractivity contribution in [3.63, 3.8) is 0 Å². The molecule has 1 aromatic rings. The number of carbonyl (C=O) groups is 1. The number of urea groups is 1. The minimum Gasteiger partial charge on any atom is -0.495 e. The fraction of sp³-hybridized carbons (Fsp3) is 0.533. The van der Waals surface area contributed by atoms with E-state index in [0.717, 1.165) is 38.3 Å². The smallest absolute Gasteiger partial charge is 0.321 e. The molecule has 1 spiro atoms. The lowest BCUT2D eigenvalue weighted by Gasteiger charge is -2.23. The molecule has 2 aliphatic heterocycles. The molecule has 2 heterocycles. The molecule has 2 N–H and O–H groups in total. The fourth-order valence-electron chi connectivity index (χ4n) is 3.19. The van der Waals surface area contributed by atoms with Crippen LogP contribution in [0.2, 0.25) is 0 Å². The van der Waals surface area contributed by atoms with Gasteiger partial charge in [0.2, 0.25) is 0 Å². The van der Waals surface area contributed by atoms with Crippen molar-refractivity contribution in [2.75, 3.05) is 38.6 Å². The van der Waals surface area contributed by atoms with Crippen molar-refractivity contribution in [3.05, 3.63) is 24.3 Å². The molecule has 5 heteroatoms. The highest BCUT2D eigenvalue weighted by Crippen LogP contribution is 2.36. The van der Waals surface area contributed by atoms with Crippen LogP contribution in [-0.4, -0.2) is 44.2 Å². The second-order valence-electron chi connectivity index (χ2n) is 5.73. The van der Waals surface area contributed by atoms with E-state index in [9.17, 15) is 4.79 Å². The maximum Gasteiger partial charge on any atom is 0.321 e. The number of carbonyl (C=O) groups excluding carboxylic acids is 1. The van der Waals surface area contributed by atoms with Crippen molar-refractivity contribution in [1.82, 2.24) is 10.2 Å². The van der Waals surface area contributed by atoms with Crippen molar-refractivity contribution >= 4 is 11.7 Å². The molecule has 3 rings (SSSR count). The van der Waals surface area contributed by atoms with Crippen LogP contribution in [0.4, 0.5) is 10.5 Å². The third-order valence-electron chi connectivity index (χ3n) is 4.41. The Morgan fingerprint density at radius 2 is 2.25 bits per heavy atom. The van der Waals surface area contributed by atoms with Crippen molar-refractivity contribution in [2.45, 2.75) is 12.8 Å². The van der Waals surface area contributed by atoms with Gasteiger partial charge in [0.05, 0.1) is 12.8 Å². The SMILES string of the molecule is COc1ccccc1NC(=O)N1CCC2(CCNC2)C1. The topological polar surface area (TPSA) is 53.6 Å². The van der Waals surface area contributed by atoms with Crippen LogP contribution in [-0.2, 0) is 0 Å². The molecule has 2 saturated heterocycles. The quantitative estimate of drug-likeness (QED) is 0.867. The van der Waals surface area contributed by atoms with Crippen LogP contribution in [0.25, 0.3) is 0 Å². The summed E-state index contributed by atoms with van der Waals surface area (Å²) in [5.41, 5.74) is 1.03. The van der Waals surface area contributed by atoms with Gasteiger partial charge in [0.1, 0.15) is 5.75 Å². The summed E-state index contributed by atoms with van der Waals surface area (Å²) >= 11 is 0. The van der Waals surface area contributed by atoms with Crippen LogP contribution in [0.3, 0.4) is 0 Å². The maximum absolute atomic E-state index is 12.4. The normalized spacial score (nSPS) is 25.1. The van der Waals surface area contributed by atoms with Gasteiger partial charge in [-0.1, -0.05) is 12.1 Å². The number of amides is 2. The zero-order valence-corrected chi connectivity index (χ0v) is 11.8. The molecule has 0 radical (unpaired) electrons. The van der Waals surface area contributed by atoms with E-state index in [1.165, 1.54) is 6.42 Å². The van der Waals surface area contributed by atoms with Gasteiger partial charge in [-0.05, 0) is 31.5 Å². The van der Waals surface area contributed by atoms with E-state index in [1.807, 2.05) is 29.2 Å². The monoisotopic (exact) mass is 275 g/mol. The van der Waals surface area contributed by atoms with Gasteiger partial charge in [0.25, 0.3) is 0 Å². The van der Waals surface area contributed by atoms with Gasteiger partial charge in [-0.3, -0.25) is 0 Å². The van der Waals surface area contributed by atoms with Crippen LogP contribution >= 0.6 is 0 Å². The predicted molar refractivity (Wildman–Crippen MR) is 78.1 cm³/mol. The first-order chi connectivity index (χ1) is 9.72. The molecule has 0 saturated carbocycles. The number of anilines is 1. The Bertz CT molecular complexity index is 498. The van der Waals surface area contributed by atoms with Crippen molar-refractivity contribution in [1.29, 1.82) is 0 Å². The van der Waals surface area contributed by atoms with Crippen molar-refractivity contribution < 1.29 is 9.53 Å². The van der Waals surface area contributed by atoms with Crippen LogP contribution < -0.4 is 15.4 Å². The third-order valence-corrected chi connectivity index (χ3v) is 4.41. The van der Waals surface area contributed by atoms with Crippen LogP contribution in [0.1, 0.15) is 12.8 Å². The summed E-state index contributed by atoms with van der Waals surface area (Å²) < 4.78 is 5.26. The second kappa shape index (κ2) is 5.32. The molecule has 0 bridgehead atoms. The average Bonchev–Trinajstić information content (AvgIpc) is 3.10. The highest BCUT2D eigenvalue weighted by Gasteiger charge is 2.41. The first-order valence-corrected chi connectivity index (χ1v) is 7.12. The van der Waals surface area contributed by atoms with E-state index in [-0.39, 0.29) is 6.03 Å². The first kappa shape index (κ1) is 13.2. The lowest BCUT2D eigenvalue weighted by Crippen LogP contribution is -2.36. The molecule has 1 aromatic carbocycles. The lowest BCUT2D eigenvalue weighted by molar-refractivity contribution is 0.215. The molecule has 5 nitrogen and oxygen atoms in total. The average molecular weight is 275 g/mol. The molecular formula is C15H21N3O2. The predicted octanol–water partition coefficient (Wildman–Crippen LogP) is 1.91. The van der Waals surface area contributed by atoms with Crippen molar-refractivity contribution in [2.24, 2.45) is 5.41 Å². The zero-order valence-electron chi connectivity index (χ0n) is 11.8. The number of hydrogen-bond donors (Lipinski definition) is 2. The van der Waals surface area contributed by atoms with E-state index < -0.39 is 0 Å². The number of benzene rings is 1. The Morgan fingerprint density at radius 3 is 3.00 bits per heavy atom. The van der Waals surface area contributed by atoms with E-state index in [1.54, 1.807) is 7.11 Å². The number of rotatable bonds is 2. The molecule has 2 aliphatic rings. The number of nitrogens with zero attached hydrogens (tertiary/aromatic N) is 1. The number of para-hydroxylation sites is 2. The van der Waals surface area contributed by atoms with Gasteiger partial charge in [-0.15, -0.1) is 0 Å². The summed E-state index contributed by atoms with van der Waals surface area (Å²) in [6.45, 7) is 3.79. The molecule has 1 atom stereocenters. The number of methoxy groups -OCH3 is 1. The Morgan fingerprint density at radius 1 is 1.40 bits per heavy atom. The summed E-state index contributed by atoms with van der Waals surface area (Å²) in [5.74, 6) is 0.692. The number of likely N-dealkylation sites (tertiary alicyclic amines) is 1. The van der Waals surface area contributed by atoms with Crippen LogP contribution in [0.15, 0.2) is 24.3 Å². The summed E-state index contributed by atoms with van der Waals surface area (Å²) in [6, 6.07) is 7.47. The molecule has 2 amide bonds. The molecule has 0 aliphatic carbocycles. The molecular weight excluding hydrogens is 254 g/mol. The summed E-state index contributed by atoms with van der Waals surface area (Å²) in [4.78, 5) is 14.3. The van der Waals surface area contributed by atoms with E-state index in [2.05, 4.69) is 10.6 Å². The Balaban J connectivity index is 1.65. The Kier molecular flexibility index (Phi) is 3.53. The highest BCUT2D eigenvalue weighted by atomic mass is 16.5. The third kappa shape index (κ3) is 2.45. The largest absolute Gasteiger partial charge is 0.495 e. The Labute approximate surface area is 119 Å². The molecule has 0 aromatic heterocycles. The second-order valence-corrected chi connectivity index (χ2v) is 5.73. The maximum atomic E-state index is 12.4. The minimum atomic E-state index is -0.0294. The van der Waals surface area contributed by atoms with Crippen LogP contribution in [0.5, 0.6) is 5.75 Å². The molecule has 108 valence electrons. The fourth-order valence-corrected chi connectivity index (χ4v) is 3.19. The van der Waals surface area contributed by atoms with Gasteiger partial charge in [-0.25, -0.2) is 4.79 Å². The standard InChI is InChI=1S/C15H21N3O2/c1-20-13-5-3-2-4-12(13)17-14(19)18-9-7-15(11-18)6-8-16-10-15/h2-5,16H,6-11H2,1H3,(H,17,19). The summed E-state index contributed by atoms with van der Waals surface area (Å²) in [5, 5.41) is 6.36. The Hall–Kier alpha value is -1.75. The van der Waals surface area contributed by atoms with Gasteiger partial charge in [0, 0.05) is 25.0 Å². The summed E-state index contributed by atoms with van der Waals surface area (Å²) in [7, 11) is 1.61. The van der Waals surface area contributed by atoms with Gasteiger partial charge in [0.15, 0.2) is 0 Å². The molecule has 1 unspecified atom stereocenters. The van der Waals surface area contributed by atoms with E-state index in [0.29, 0.717) is 11.2 Å². The summed E-state index contributed by atoms with van der Waals surface area (Å²) in [6.07, 6.45) is 2.27. The highest BCUT2D eigenvalue weighted by molar-refractivity contribution is 5.91. The number of nitrogens with one attached hydrogen (secondary N) is 2. The van der Waals surface area contributed by atoms with Crippen molar-refractivity contribution in [3.8, 4) is 5.75 Å². The minimum absolute atomic E-state index is 0.0294. The lowest BCUT2D eigenvalue weighted by atomic mass is 9.87.